The molecule has 0 aromatic heterocycles. The zero-order valence-corrected chi connectivity index (χ0v) is 11.2. The number of hydrogen-bond donors (Lipinski definition) is 2. The van der Waals surface area contributed by atoms with Crippen LogP contribution >= 0.6 is 0 Å². The first-order valence-electron chi connectivity index (χ1n) is 6.03. The molecule has 0 amide bonds. The van der Waals surface area contributed by atoms with E-state index < -0.39 is 5.97 Å². The molecule has 0 saturated heterocycles. The summed E-state index contributed by atoms with van der Waals surface area (Å²) < 4.78 is 0. The predicted molar refractivity (Wildman–Crippen MR) is 75.2 cm³/mol. The Kier molecular flexibility index (Phi) is 3.79. The second-order valence-electron chi connectivity index (χ2n) is 4.47. The van der Waals surface area contributed by atoms with E-state index in [1.54, 1.807) is 31.2 Å². The molecule has 5 heteroatoms. The second kappa shape index (κ2) is 5.52. The Morgan fingerprint density at radius 3 is 2.40 bits per heavy atom. The van der Waals surface area contributed by atoms with E-state index in [0.717, 1.165) is 5.56 Å². The summed E-state index contributed by atoms with van der Waals surface area (Å²) in [5.74, 6) is -1.02. The van der Waals surface area contributed by atoms with Gasteiger partial charge in [-0.05, 0) is 43.2 Å². The third-order valence-electron chi connectivity index (χ3n) is 2.82. The van der Waals surface area contributed by atoms with Crippen molar-refractivity contribution in [3.05, 3.63) is 53.1 Å². The molecule has 2 aromatic carbocycles. The van der Waals surface area contributed by atoms with E-state index in [1.165, 1.54) is 6.07 Å². The number of phenols is 1. The van der Waals surface area contributed by atoms with Crippen molar-refractivity contribution in [2.24, 2.45) is 10.2 Å². The lowest BCUT2D eigenvalue weighted by atomic mass is 10.1. The Morgan fingerprint density at radius 2 is 1.70 bits per heavy atom. The minimum absolute atomic E-state index is 0.0483. The molecule has 0 aliphatic heterocycles. The fraction of sp³-hybridized carbons (Fsp3) is 0.133. The molecule has 0 unspecified atom stereocenters. The summed E-state index contributed by atoms with van der Waals surface area (Å²) >= 11 is 0. The average Bonchev–Trinajstić information content (AvgIpc) is 2.41. The summed E-state index contributed by atoms with van der Waals surface area (Å²) in [4.78, 5) is 11.1. The Labute approximate surface area is 116 Å². The van der Waals surface area contributed by atoms with Crippen LogP contribution in [0.1, 0.15) is 21.5 Å². The number of aromatic carboxylic acids is 1. The van der Waals surface area contributed by atoms with Crippen LogP contribution in [0.3, 0.4) is 0 Å². The number of benzene rings is 2. The number of aromatic hydroxyl groups is 1. The zero-order chi connectivity index (χ0) is 14.7. The first kappa shape index (κ1) is 13.7. The number of rotatable bonds is 3. The molecule has 0 bridgehead atoms. The van der Waals surface area contributed by atoms with Gasteiger partial charge in [-0.15, -0.1) is 10.2 Å². The second-order valence-corrected chi connectivity index (χ2v) is 4.47. The maximum atomic E-state index is 11.1. The van der Waals surface area contributed by atoms with Crippen molar-refractivity contribution in [1.29, 1.82) is 0 Å². The van der Waals surface area contributed by atoms with Crippen LogP contribution in [0.4, 0.5) is 11.4 Å². The van der Waals surface area contributed by atoms with Gasteiger partial charge in [-0.2, -0.15) is 0 Å². The van der Waals surface area contributed by atoms with Crippen molar-refractivity contribution >= 4 is 17.3 Å². The topological polar surface area (TPSA) is 82.2 Å². The van der Waals surface area contributed by atoms with Crippen LogP contribution in [0.2, 0.25) is 0 Å². The van der Waals surface area contributed by atoms with Crippen LogP contribution in [0, 0.1) is 13.8 Å². The number of phenolic OH excluding ortho intramolecular Hbond substituents is 1. The molecule has 0 aliphatic carbocycles. The third kappa shape index (κ3) is 2.83. The molecule has 0 atom stereocenters. The molecule has 0 spiro atoms. The lowest BCUT2D eigenvalue weighted by molar-refractivity contribution is 0.0698. The maximum absolute atomic E-state index is 11.1. The summed E-state index contributed by atoms with van der Waals surface area (Å²) in [6, 6.07) is 9.85. The van der Waals surface area contributed by atoms with Crippen LogP contribution in [0.15, 0.2) is 46.6 Å². The lowest BCUT2D eigenvalue weighted by Gasteiger charge is -2.04. The number of carbonyl (C=O) groups is 1. The molecular weight excluding hydrogens is 256 g/mol. The summed E-state index contributed by atoms with van der Waals surface area (Å²) in [7, 11) is 0. The monoisotopic (exact) mass is 270 g/mol. The normalized spacial score (nSPS) is 10.9. The van der Waals surface area contributed by atoms with Gasteiger partial charge in [0.1, 0.15) is 17.1 Å². The molecule has 102 valence electrons. The summed E-state index contributed by atoms with van der Waals surface area (Å²) in [6.07, 6.45) is 0. The van der Waals surface area contributed by atoms with Crippen LogP contribution < -0.4 is 0 Å². The molecule has 20 heavy (non-hydrogen) atoms. The van der Waals surface area contributed by atoms with Gasteiger partial charge < -0.3 is 10.2 Å². The highest BCUT2D eigenvalue weighted by Crippen LogP contribution is 2.33. The number of nitrogens with zero attached hydrogens (tertiary/aromatic N) is 2. The van der Waals surface area contributed by atoms with Crippen molar-refractivity contribution < 1.29 is 15.0 Å². The minimum Gasteiger partial charge on any atom is -0.505 e. The van der Waals surface area contributed by atoms with Crippen molar-refractivity contribution in [3.63, 3.8) is 0 Å². The predicted octanol–water partition coefficient (Wildman–Crippen LogP) is 4.12. The van der Waals surface area contributed by atoms with Gasteiger partial charge in [0, 0.05) is 0 Å². The molecule has 2 aromatic rings. The number of azo groups is 1. The number of carboxylic acids is 1. The minimum atomic E-state index is -1.07. The third-order valence-corrected chi connectivity index (χ3v) is 2.82. The lowest BCUT2D eigenvalue weighted by Crippen LogP contribution is -1.95. The molecular formula is C15H14N2O3. The largest absolute Gasteiger partial charge is 0.505 e. The van der Waals surface area contributed by atoms with Gasteiger partial charge in [0.05, 0.1) is 5.56 Å². The Morgan fingerprint density at radius 1 is 1.05 bits per heavy atom. The molecule has 0 heterocycles. The summed E-state index contributed by atoms with van der Waals surface area (Å²) in [5.41, 5.74) is 2.28. The van der Waals surface area contributed by atoms with Crippen LogP contribution in [0.5, 0.6) is 5.75 Å². The summed E-state index contributed by atoms with van der Waals surface area (Å²) in [6.45, 7) is 3.66. The van der Waals surface area contributed by atoms with Gasteiger partial charge in [0.25, 0.3) is 0 Å². The van der Waals surface area contributed by atoms with E-state index in [0.29, 0.717) is 11.3 Å². The Balaban J connectivity index is 2.42. The van der Waals surface area contributed by atoms with Gasteiger partial charge in [-0.25, -0.2) is 4.79 Å². The first-order chi connectivity index (χ1) is 9.49. The van der Waals surface area contributed by atoms with Crippen molar-refractivity contribution in [2.45, 2.75) is 13.8 Å². The highest BCUT2D eigenvalue weighted by molar-refractivity contribution is 5.93. The fourth-order valence-corrected chi connectivity index (χ4v) is 1.86. The smallest absolute Gasteiger partial charge is 0.337 e. The molecule has 0 fully saturated rings. The highest BCUT2D eigenvalue weighted by Gasteiger charge is 2.09. The van der Waals surface area contributed by atoms with E-state index in [1.807, 2.05) is 13.0 Å². The number of carboxylic acid groups (broad SMARTS) is 1. The number of hydrogen-bond acceptors (Lipinski definition) is 4. The van der Waals surface area contributed by atoms with Gasteiger partial charge in [0.2, 0.25) is 0 Å². The average molecular weight is 270 g/mol. The molecule has 2 N–H and O–H groups in total. The Hall–Kier alpha value is -2.69. The van der Waals surface area contributed by atoms with Crippen LogP contribution in [-0.2, 0) is 0 Å². The van der Waals surface area contributed by atoms with Crippen LogP contribution in [-0.4, -0.2) is 16.2 Å². The zero-order valence-electron chi connectivity index (χ0n) is 11.2. The molecule has 2 rings (SSSR count). The Bertz CT molecular complexity index is 694. The quantitative estimate of drug-likeness (QED) is 0.823. The van der Waals surface area contributed by atoms with Crippen molar-refractivity contribution in [1.82, 2.24) is 0 Å². The standard InChI is InChI=1S/C15H14N2O3/c1-9-7-10(2)14(18)13(8-9)17-16-12-6-4-3-5-11(12)15(19)20/h3-8,18H,1-2H3,(H,19,20). The maximum Gasteiger partial charge on any atom is 0.337 e. The first-order valence-corrected chi connectivity index (χ1v) is 6.03. The molecule has 5 nitrogen and oxygen atoms in total. The SMILES string of the molecule is Cc1cc(C)c(O)c(N=Nc2ccccc2C(=O)O)c1. The van der Waals surface area contributed by atoms with E-state index in [-0.39, 0.29) is 17.0 Å². The van der Waals surface area contributed by atoms with Gasteiger partial charge >= 0.3 is 5.97 Å². The molecule has 0 radical (unpaired) electrons. The molecule has 0 saturated carbocycles. The van der Waals surface area contributed by atoms with E-state index in [2.05, 4.69) is 10.2 Å². The van der Waals surface area contributed by atoms with Crippen LogP contribution in [0.25, 0.3) is 0 Å². The highest BCUT2D eigenvalue weighted by atomic mass is 16.4. The van der Waals surface area contributed by atoms with E-state index >= 15 is 0 Å². The fourth-order valence-electron chi connectivity index (χ4n) is 1.86. The van der Waals surface area contributed by atoms with Gasteiger partial charge in [-0.1, -0.05) is 18.2 Å². The van der Waals surface area contributed by atoms with E-state index in [4.69, 9.17) is 5.11 Å². The van der Waals surface area contributed by atoms with Crippen molar-refractivity contribution in [3.8, 4) is 5.75 Å². The summed E-state index contributed by atoms with van der Waals surface area (Å²) in [5, 5.41) is 26.8. The van der Waals surface area contributed by atoms with E-state index in [9.17, 15) is 9.90 Å². The van der Waals surface area contributed by atoms with Gasteiger partial charge in [-0.3, -0.25) is 0 Å². The number of aryl methyl sites for hydroxylation is 2. The van der Waals surface area contributed by atoms with Gasteiger partial charge in [0.15, 0.2) is 0 Å². The van der Waals surface area contributed by atoms with Crippen molar-refractivity contribution in [2.75, 3.05) is 0 Å². The molecule has 0 aliphatic rings.